The molecule has 0 fully saturated rings. The van der Waals surface area contributed by atoms with Crippen molar-refractivity contribution in [3.63, 3.8) is 0 Å². The fourth-order valence-corrected chi connectivity index (χ4v) is 1.03. The van der Waals surface area contributed by atoms with Crippen LogP contribution in [0.5, 0.6) is 11.5 Å². The summed E-state index contributed by atoms with van der Waals surface area (Å²) in [6, 6.07) is 3.71. The summed E-state index contributed by atoms with van der Waals surface area (Å²) < 4.78 is 0. The van der Waals surface area contributed by atoms with Gasteiger partial charge in [-0.25, -0.2) is 0 Å². The first kappa shape index (κ1) is 10.2. The van der Waals surface area contributed by atoms with Crippen LogP contribution in [0.25, 0.3) is 0 Å². The number of hydrogen-bond donors (Lipinski definition) is 2. The molecule has 0 heterocycles. The lowest BCUT2D eigenvalue weighted by Gasteiger charge is -2.01. The van der Waals surface area contributed by atoms with Gasteiger partial charge in [0.25, 0.3) is 0 Å². The minimum atomic E-state index is -0.368. The van der Waals surface area contributed by atoms with Crippen molar-refractivity contribution in [3.05, 3.63) is 23.8 Å². The van der Waals surface area contributed by atoms with E-state index in [2.05, 4.69) is 0 Å². The molecular weight excluding hydrogens is 184 g/mol. The average molecular weight is 194 g/mol. The van der Waals surface area contributed by atoms with Crippen LogP contribution >= 0.6 is 0 Å². The lowest BCUT2D eigenvalue weighted by Crippen LogP contribution is -2.04. The summed E-state index contributed by atoms with van der Waals surface area (Å²) in [7, 11) is 0. The highest BCUT2D eigenvalue weighted by atomic mass is 16.3. The van der Waals surface area contributed by atoms with Crippen molar-refractivity contribution in [2.24, 2.45) is 0 Å². The predicted molar refractivity (Wildman–Crippen MR) is 49.4 cm³/mol. The fourth-order valence-electron chi connectivity index (χ4n) is 1.03. The molecule has 74 valence electrons. The second kappa shape index (κ2) is 3.91. The number of carbonyl (C=O) groups is 2. The third-order valence-electron chi connectivity index (χ3n) is 1.71. The van der Waals surface area contributed by atoms with Crippen LogP contribution in [0.1, 0.15) is 23.7 Å². The van der Waals surface area contributed by atoms with Crippen LogP contribution in [0.3, 0.4) is 0 Å². The Morgan fingerprint density at radius 3 is 2.36 bits per heavy atom. The van der Waals surface area contributed by atoms with Gasteiger partial charge in [-0.2, -0.15) is 0 Å². The molecule has 0 aliphatic heterocycles. The van der Waals surface area contributed by atoms with Crippen molar-refractivity contribution in [1.29, 1.82) is 0 Å². The van der Waals surface area contributed by atoms with E-state index in [1.54, 1.807) is 0 Å². The minimum Gasteiger partial charge on any atom is -0.504 e. The molecule has 0 atom stereocenters. The van der Waals surface area contributed by atoms with E-state index >= 15 is 0 Å². The molecule has 1 rings (SSSR count). The molecule has 0 saturated heterocycles. The third-order valence-corrected chi connectivity index (χ3v) is 1.71. The van der Waals surface area contributed by atoms with Crippen LogP contribution in [0.2, 0.25) is 0 Å². The highest BCUT2D eigenvalue weighted by Gasteiger charge is 2.10. The number of phenolic OH excluding ortho intramolecular Hbond substituents is 2. The topological polar surface area (TPSA) is 74.6 Å². The SMILES string of the molecule is CC(=O)CC(=O)c1ccc(O)c(O)c1. The van der Waals surface area contributed by atoms with Gasteiger partial charge < -0.3 is 10.2 Å². The summed E-state index contributed by atoms with van der Waals surface area (Å²) in [5.74, 6) is -1.25. The molecule has 0 unspecified atom stereocenters. The van der Waals surface area contributed by atoms with E-state index in [1.807, 2.05) is 0 Å². The molecule has 4 nitrogen and oxygen atoms in total. The Bertz CT molecular complexity index is 382. The van der Waals surface area contributed by atoms with Gasteiger partial charge in [-0.1, -0.05) is 0 Å². The summed E-state index contributed by atoms with van der Waals surface area (Å²) >= 11 is 0. The van der Waals surface area contributed by atoms with Crippen LogP contribution in [-0.2, 0) is 4.79 Å². The normalized spacial score (nSPS) is 9.79. The van der Waals surface area contributed by atoms with Crippen molar-refractivity contribution in [1.82, 2.24) is 0 Å². The van der Waals surface area contributed by atoms with Gasteiger partial charge in [0, 0.05) is 5.56 Å². The molecular formula is C10H10O4. The zero-order valence-corrected chi connectivity index (χ0v) is 7.65. The van der Waals surface area contributed by atoms with E-state index in [-0.39, 0.29) is 35.0 Å². The Morgan fingerprint density at radius 1 is 1.21 bits per heavy atom. The van der Waals surface area contributed by atoms with E-state index in [0.717, 1.165) is 6.07 Å². The highest BCUT2D eigenvalue weighted by molar-refractivity contribution is 6.07. The van der Waals surface area contributed by atoms with E-state index < -0.39 is 0 Å². The highest BCUT2D eigenvalue weighted by Crippen LogP contribution is 2.25. The van der Waals surface area contributed by atoms with E-state index in [0.29, 0.717) is 0 Å². The Morgan fingerprint density at radius 2 is 1.86 bits per heavy atom. The molecule has 0 aliphatic carbocycles. The van der Waals surface area contributed by atoms with Crippen LogP contribution in [0.15, 0.2) is 18.2 Å². The summed E-state index contributed by atoms with van der Waals surface area (Å²) in [4.78, 5) is 22.0. The summed E-state index contributed by atoms with van der Waals surface area (Å²) in [6.45, 7) is 1.32. The molecule has 0 spiro atoms. The van der Waals surface area contributed by atoms with Crippen molar-refractivity contribution in [2.75, 3.05) is 0 Å². The van der Waals surface area contributed by atoms with E-state index in [1.165, 1.54) is 19.1 Å². The number of rotatable bonds is 3. The maximum atomic E-state index is 11.3. The van der Waals surface area contributed by atoms with Gasteiger partial charge in [-0.05, 0) is 25.1 Å². The van der Waals surface area contributed by atoms with Crippen LogP contribution in [0.4, 0.5) is 0 Å². The molecule has 0 bridgehead atoms. The maximum absolute atomic E-state index is 11.3. The average Bonchev–Trinajstić information content (AvgIpc) is 2.08. The smallest absolute Gasteiger partial charge is 0.170 e. The molecule has 14 heavy (non-hydrogen) atoms. The van der Waals surface area contributed by atoms with Crippen molar-refractivity contribution in [2.45, 2.75) is 13.3 Å². The number of hydrogen-bond acceptors (Lipinski definition) is 4. The standard InChI is InChI=1S/C10H10O4/c1-6(11)4-9(13)7-2-3-8(12)10(14)5-7/h2-3,5,12,14H,4H2,1H3. The second-order valence-corrected chi connectivity index (χ2v) is 3.01. The van der Waals surface area contributed by atoms with Gasteiger partial charge >= 0.3 is 0 Å². The number of ketones is 2. The zero-order valence-electron chi connectivity index (χ0n) is 7.65. The molecule has 0 saturated carbocycles. The van der Waals surface area contributed by atoms with Crippen molar-refractivity contribution >= 4 is 11.6 Å². The Balaban J connectivity index is 2.91. The summed E-state index contributed by atoms with van der Waals surface area (Å²) in [6.07, 6.45) is -0.190. The monoisotopic (exact) mass is 194 g/mol. The van der Waals surface area contributed by atoms with E-state index in [9.17, 15) is 9.59 Å². The zero-order chi connectivity index (χ0) is 10.7. The number of phenols is 2. The molecule has 0 radical (unpaired) electrons. The first-order chi connectivity index (χ1) is 6.50. The number of benzene rings is 1. The maximum Gasteiger partial charge on any atom is 0.170 e. The Kier molecular flexibility index (Phi) is 2.86. The third kappa shape index (κ3) is 2.32. The molecule has 1 aromatic rings. The first-order valence-corrected chi connectivity index (χ1v) is 4.05. The summed E-state index contributed by atoms with van der Waals surface area (Å²) in [5, 5.41) is 18.1. The van der Waals surface area contributed by atoms with E-state index in [4.69, 9.17) is 10.2 Å². The van der Waals surface area contributed by atoms with Crippen LogP contribution in [-0.4, -0.2) is 21.8 Å². The number of Topliss-reactive ketones (excluding diaryl/α,β-unsaturated/α-hetero) is 2. The van der Waals surface area contributed by atoms with Gasteiger partial charge in [-0.15, -0.1) is 0 Å². The van der Waals surface area contributed by atoms with Crippen LogP contribution < -0.4 is 0 Å². The lowest BCUT2D eigenvalue weighted by atomic mass is 10.1. The van der Waals surface area contributed by atoms with Crippen molar-refractivity contribution in [3.8, 4) is 11.5 Å². The largest absolute Gasteiger partial charge is 0.504 e. The Hall–Kier alpha value is -1.84. The van der Waals surface area contributed by atoms with Gasteiger partial charge in [-0.3, -0.25) is 9.59 Å². The molecule has 0 aliphatic rings. The minimum absolute atomic E-state index is 0.190. The van der Waals surface area contributed by atoms with Gasteiger partial charge in [0.1, 0.15) is 5.78 Å². The molecule has 0 aromatic heterocycles. The van der Waals surface area contributed by atoms with Gasteiger partial charge in [0.2, 0.25) is 0 Å². The quantitative estimate of drug-likeness (QED) is 0.431. The molecule has 0 amide bonds. The summed E-state index contributed by atoms with van der Waals surface area (Å²) in [5.41, 5.74) is 0.218. The predicted octanol–water partition coefficient (Wildman–Crippen LogP) is 1.26. The fraction of sp³-hybridized carbons (Fsp3) is 0.200. The number of aromatic hydroxyl groups is 2. The molecule has 1 aromatic carbocycles. The second-order valence-electron chi connectivity index (χ2n) is 3.01. The van der Waals surface area contributed by atoms with Crippen molar-refractivity contribution < 1.29 is 19.8 Å². The molecule has 2 N–H and O–H groups in total. The lowest BCUT2D eigenvalue weighted by molar-refractivity contribution is -0.116. The molecule has 4 heteroatoms. The first-order valence-electron chi connectivity index (χ1n) is 4.05. The number of carbonyl (C=O) groups excluding carboxylic acids is 2. The van der Waals surface area contributed by atoms with Crippen LogP contribution in [0, 0.1) is 0 Å². The Labute approximate surface area is 80.8 Å². The van der Waals surface area contributed by atoms with Gasteiger partial charge in [0.15, 0.2) is 17.3 Å². The van der Waals surface area contributed by atoms with Gasteiger partial charge in [0.05, 0.1) is 6.42 Å².